The highest BCUT2D eigenvalue weighted by molar-refractivity contribution is 9.11. The van der Waals surface area contributed by atoms with Gasteiger partial charge >= 0.3 is 0 Å². The SMILES string of the molecule is COc1cc(CNCc2ccc(Br)s2)cc([N+](=O)[O-])c1. The van der Waals surface area contributed by atoms with Crippen LogP contribution in [0.4, 0.5) is 5.69 Å². The van der Waals surface area contributed by atoms with Crippen molar-refractivity contribution in [1.82, 2.24) is 5.32 Å². The summed E-state index contributed by atoms with van der Waals surface area (Å²) in [7, 11) is 1.50. The van der Waals surface area contributed by atoms with E-state index in [1.54, 1.807) is 23.5 Å². The zero-order valence-corrected chi connectivity index (χ0v) is 13.2. The number of hydrogen-bond donors (Lipinski definition) is 1. The number of halogens is 1. The van der Waals surface area contributed by atoms with Crippen molar-refractivity contribution in [1.29, 1.82) is 0 Å². The van der Waals surface area contributed by atoms with Gasteiger partial charge in [-0.25, -0.2) is 0 Å². The summed E-state index contributed by atoms with van der Waals surface area (Å²) in [6.07, 6.45) is 0. The maximum atomic E-state index is 10.8. The molecule has 0 unspecified atom stereocenters. The molecule has 0 aliphatic carbocycles. The second-order valence-corrected chi connectivity index (χ2v) is 6.65. The molecule has 0 fully saturated rings. The van der Waals surface area contributed by atoms with Crippen molar-refractivity contribution in [3.63, 3.8) is 0 Å². The van der Waals surface area contributed by atoms with Crippen molar-refractivity contribution < 1.29 is 9.66 Å². The lowest BCUT2D eigenvalue weighted by Crippen LogP contribution is -2.12. The average molecular weight is 357 g/mol. The van der Waals surface area contributed by atoms with Crippen molar-refractivity contribution in [2.75, 3.05) is 7.11 Å². The highest BCUT2D eigenvalue weighted by atomic mass is 79.9. The lowest BCUT2D eigenvalue weighted by atomic mass is 10.2. The summed E-state index contributed by atoms with van der Waals surface area (Å²) in [4.78, 5) is 11.6. The van der Waals surface area contributed by atoms with Gasteiger partial charge in [-0.05, 0) is 39.7 Å². The zero-order valence-electron chi connectivity index (χ0n) is 10.8. The molecule has 0 spiro atoms. The number of rotatable bonds is 6. The van der Waals surface area contributed by atoms with Crippen LogP contribution in [0.25, 0.3) is 0 Å². The van der Waals surface area contributed by atoms with Gasteiger partial charge in [-0.15, -0.1) is 11.3 Å². The quantitative estimate of drug-likeness (QED) is 0.632. The van der Waals surface area contributed by atoms with Gasteiger partial charge in [0.15, 0.2) is 0 Å². The van der Waals surface area contributed by atoms with Crippen LogP contribution >= 0.6 is 27.3 Å². The van der Waals surface area contributed by atoms with Crippen LogP contribution in [0, 0.1) is 10.1 Å². The van der Waals surface area contributed by atoms with Gasteiger partial charge in [-0.3, -0.25) is 10.1 Å². The standard InChI is InChI=1S/C13H13BrN2O3S/c1-19-11-5-9(4-10(6-11)16(17)18)7-15-8-12-2-3-13(14)20-12/h2-6,15H,7-8H2,1H3. The van der Waals surface area contributed by atoms with Crippen LogP contribution in [0.2, 0.25) is 0 Å². The largest absolute Gasteiger partial charge is 0.496 e. The van der Waals surface area contributed by atoms with Crippen molar-refractivity contribution in [2.45, 2.75) is 13.1 Å². The van der Waals surface area contributed by atoms with Crippen molar-refractivity contribution in [3.8, 4) is 5.75 Å². The van der Waals surface area contributed by atoms with E-state index < -0.39 is 4.92 Å². The van der Waals surface area contributed by atoms with Gasteiger partial charge in [0.2, 0.25) is 0 Å². The van der Waals surface area contributed by atoms with Crippen LogP contribution in [0.15, 0.2) is 34.1 Å². The summed E-state index contributed by atoms with van der Waals surface area (Å²) >= 11 is 5.07. The lowest BCUT2D eigenvalue weighted by Gasteiger charge is -2.06. The zero-order chi connectivity index (χ0) is 14.5. The maximum Gasteiger partial charge on any atom is 0.273 e. The van der Waals surface area contributed by atoms with Crippen LogP contribution in [0.3, 0.4) is 0 Å². The van der Waals surface area contributed by atoms with Gasteiger partial charge in [0.05, 0.1) is 21.9 Å². The number of non-ortho nitro benzene ring substituents is 1. The van der Waals surface area contributed by atoms with Crippen LogP contribution in [0.5, 0.6) is 5.75 Å². The molecule has 20 heavy (non-hydrogen) atoms. The molecule has 0 atom stereocenters. The summed E-state index contributed by atoms with van der Waals surface area (Å²) in [5, 5.41) is 14.1. The first-order chi connectivity index (χ1) is 9.58. The average Bonchev–Trinajstić information content (AvgIpc) is 2.84. The summed E-state index contributed by atoms with van der Waals surface area (Å²) in [5.41, 5.74) is 0.867. The molecule has 0 saturated heterocycles. The molecule has 0 bridgehead atoms. The smallest absolute Gasteiger partial charge is 0.273 e. The van der Waals surface area contributed by atoms with Gasteiger partial charge in [0.1, 0.15) is 5.75 Å². The third kappa shape index (κ3) is 4.03. The van der Waals surface area contributed by atoms with Crippen molar-refractivity contribution in [3.05, 3.63) is 54.7 Å². The molecule has 1 aromatic carbocycles. The van der Waals surface area contributed by atoms with Crippen molar-refractivity contribution in [2.24, 2.45) is 0 Å². The van der Waals surface area contributed by atoms with Crippen LogP contribution in [-0.2, 0) is 13.1 Å². The molecular formula is C13H13BrN2O3S. The van der Waals surface area contributed by atoms with Crippen molar-refractivity contribution >= 4 is 33.0 Å². The third-order valence-electron chi connectivity index (χ3n) is 2.65. The molecule has 0 aliphatic heterocycles. The van der Waals surface area contributed by atoms with E-state index in [2.05, 4.69) is 21.2 Å². The molecule has 7 heteroatoms. The molecule has 5 nitrogen and oxygen atoms in total. The highest BCUT2D eigenvalue weighted by Gasteiger charge is 2.10. The number of nitro benzene ring substituents is 1. The molecule has 106 valence electrons. The van der Waals surface area contributed by atoms with Gasteiger partial charge in [0.25, 0.3) is 5.69 Å². The summed E-state index contributed by atoms with van der Waals surface area (Å²) in [6.45, 7) is 1.27. The number of methoxy groups -OCH3 is 1. The monoisotopic (exact) mass is 356 g/mol. The maximum absolute atomic E-state index is 10.8. The second-order valence-electron chi connectivity index (χ2n) is 4.11. The molecular weight excluding hydrogens is 344 g/mol. The number of hydrogen-bond acceptors (Lipinski definition) is 5. The molecule has 2 rings (SSSR count). The number of nitrogens with zero attached hydrogens (tertiary/aromatic N) is 1. The molecule has 2 aromatic rings. The van der Waals surface area contributed by atoms with Gasteiger partial charge in [0, 0.05) is 24.0 Å². The predicted molar refractivity (Wildman–Crippen MR) is 82.2 cm³/mol. The molecule has 0 saturated carbocycles. The van der Waals surface area contributed by atoms with E-state index in [0.29, 0.717) is 12.3 Å². The lowest BCUT2D eigenvalue weighted by molar-refractivity contribution is -0.385. The number of thiophene rings is 1. The van der Waals surface area contributed by atoms with E-state index in [1.807, 2.05) is 12.1 Å². The third-order valence-corrected chi connectivity index (χ3v) is 4.28. The van der Waals surface area contributed by atoms with Crippen LogP contribution < -0.4 is 10.1 Å². The first kappa shape index (κ1) is 15.0. The Morgan fingerprint density at radius 1 is 1.35 bits per heavy atom. The van der Waals surface area contributed by atoms with E-state index in [9.17, 15) is 10.1 Å². The number of nitrogens with one attached hydrogen (secondary N) is 1. The minimum Gasteiger partial charge on any atom is -0.496 e. The van der Waals surface area contributed by atoms with E-state index in [4.69, 9.17) is 4.74 Å². The summed E-state index contributed by atoms with van der Waals surface area (Å²) in [5.74, 6) is 0.495. The predicted octanol–water partition coefficient (Wildman–Crippen LogP) is 3.72. The normalized spacial score (nSPS) is 10.5. The molecule has 0 aliphatic rings. The van der Waals surface area contributed by atoms with Gasteiger partial charge < -0.3 is 10.1 Å². The Hall–Kier alpha value is -1.44. The Bertz CT molecular complexity index is 615. The first-order valence-electron chi connectivity index (χ1n) is 5.86. The Morgan fingerprint density at radius 3 is 2.75 bits per heavy atom. The Labute approximate surface area is 128 Å². The summed E-state index contributed by atoms with van der Waals surface area (Å²) < 4.78 is 6.17. The van der Waals surface area contributed by atoms with Crippen LogP contribution in [0.1, 0.15) is 10.4 Å². The Balaban J connectivity index is 2.01. The van der Waals surface area contributed by atoms with E-state index in [-0.39, 0.29) is 5.69 Å². The Morgan fingerprint density at radius 2 is 2.15 bits per heavy atom. The topological polar surface area (TPSA) is 64.4 Å². The van der Waals surface area contributed by atoms with E-state index in [1.165, 1.54) is 18.1 Å². The Kier molecular flexibility index (Phi) is 5.11. The number of ether oxygens (including phenoxy) is 1. The van der Waals surface area contributed by atoms with E-state index in [0.717, 1.165) is 15.9 Å². The molecule has 1 aromatic heterocycles. The van der Waals surface area contributed by atoms with Gasteiger partial charge in [-0.1, -0.05) is 0 Å². The fourth-order valence-corrected chi connectivity index (χ4v) is 3.20. The fourth-order valence-electron chi connectivity index (χ4n) is 1.75. The van der Waals surface area contributed by atoms with Gasteiger partial charge in [-0.2, -0.15) is 0 Å². The molecule has 0 radical (unpaired) electrons. The summed E-state index contributed by atoms with van der Waals surface area (Å²) in [6, 6.07) is 8.80. The molecule has 1 N–H and O–H groups in total. The second kappa shape index (κ2) is 6.83. The van der Waals surface area contributed by atoms with E-state index >= 15 is 0 Å². The fraction of sp³-hybridized carbons (Fsp3) is 0.231. The molecule has 0 amide bonds. The van der Waals surface area contributed by atoms with Crippen LogP contribution in [-0.4, -0.2) is 12.0 Å². The first-order valence-corrected chi connectivity index (χ1v) is 7.46. The highest BCUT2D eigenvalue weighted by Crippen LogP contribution is 2.23. The minimum atomic E-state index is -0.414. The minimum absolute atomic E-state index is 0.0417. The number of benzene rings is 1. The molecule has 1 heterocycles. The number of nitro groups is 1.